The summed E-state index contributed by atoms with van der Waals surface area (Å²) in [6.45, 7) is 5.89. The number of nitrogens with zero attached hydrogens (tertiary/aromatic N) is 1. The van der Waals surface area contributed by atoms with Gasteiger partial charge in [-0.25, -0.2) is 0 Å². The van der Waals surface area contributed by atoms with Gasteiger partial charge in [-0.2, -0.15) is 0 Å². The quantitative estimate of drug-likeness (QED) is 0.638. The highest BCUT2D eigenvalue weighted by Crippen LogP contribution is 2.17. The standard InChI is InChI=1S/C15H15N3O2/c1-11-3-5-13(6-4-11)16-12(2)17-14-7-9-15(10-8-14)18(19)20/h3-10,16-17H,2H2,1H3. The molecule has 0 atom stereocenters. The van der Waals surface area contributed by atoms with Gasteiger partial charge in [0.15, 0.2) is 0 Å². The van der Waals surface area contributed by atoms with E-state index < -0.39 is 4.92 Å². The minimum absolute atomic E-state index is 0.0626. The summed E-state index contributed by atoms with van der Waals surface area (Å²) in [5.74, 6) is 0.600. The van der Waals surface area contributed by atoms with Crippen LogP contribution in [-0.4, -0.2) is 4.92 Å². The Labute approximate surface area is 117 Å². The summed E-state index contributed by atoms with van der Waals surface area (Å²) in [6, 6.07) is 14.1. The van der Waals surface area contributed by atoms with E-state index in [-0.39, 0.29) is 5.69 Å². The monoisotopic (exact) mass is 269 g/mol. The molecule has 0 fully saturated rings. The molecule has 0 saturated heterocycles. The van der Waals surface area contributed by atoms with Crippen LogP contribution >= 0.6 is 0 Å². The fourth-order valence-corrected chi connectivity index (χ4v) is 1.68. The summed E-state index contributed by atoms with van der Waals surface area (Å²) in [7, 11) is 0. The van der Waals surface area contributed by atoms with Gasteiger partial charge < -0.3 is 10.6 Å². The van der Waals surface area contributed by atoms with E-state index in [4.69, 9.17) is 0 Å². The van der Waals surface area contributed by atoms with Crippen LogP contribution in [-0.2, 0) is 0 Å². The third kappa shape index (κ3) is 3.58. The van der Waals surface area contributed by atoms with E-state index in [1.807, 2.05) is 31.2 Å². The Morgan fingerprint density at radius 1 is 1.00 bits per heavy atom. The topological polar surface area (TPSA) is 67.2 Å². The van der Waals surface area contributed by atoms with Crippen molar-refractivity contribution in [2.45, 2.75) is 6.92 Å². The van der Waals surface area contributed by atoms with Crippen LogP contribution in [0.5, 0.6) is 0 Å². The van der Waals surface area contributed by atoms with Crippen molar-refractivity contribution in [2.24, 2.45) is 0 Å². The first-order chi connectivity index (χ1) is 9.54. The first kappa shape index (κ1) is 13.6. The largest absolute Gasteiger partial charge is 0.342 e. The zero-order valence-corrected chi connectivity index (χ0v) is 11.1. The molecule has 5 nitrogen and oxygen atoms in total. The molecule has 0 aliphatic heterocycles. The minimum Gasteiger partial charge on any atom is -0.342 e. The lowest BCUT2D eigenvalue weighted by Gasteiger charge is -2.12. The van der Waals surface area contributed by atoms with Crippen LogP contribution in [0.15, 0.2) is 60.9 Å². The number of nitro groups is 1. The van der Waals surface area contributed by atoms with Crippen molar-refractivity contribution in [3.8, 4) is 0 Å². The number of non-ortho nitro benzene ring substituents is 1. The van der Waals surface area contributed by atoms with Crippen LogP contribution in [0.1, 0.15) is 5.56 Å². The van der Waals surface area contributed by atoms with Crippen molar-refractivity contribution in [1.82, 2.24) is 0 Å². The van der Waals surface area contributed by atoms with E-state index in [0.717, 1.165) is 11.4 Å². The molecule has 0 amide bonds. The lowest BCUT2D eigenvalue weighted by molar-refractivity contribution is -0.384. The van der Waals surface area contributed by atoms with E-state index in [9.17, 15) is 10.1 Å². The number of aryl methyl sites for hydroxylation is 1. The molecule has 0 aromatic heterocycles. The second-order valence-electron chi connectivity index (χ2n) is 4.40. The third-order valence-electron chi connectivity index (χ3n) is 2.72. The summed E-state index contributed by atoms with van der Waals surface area (Å²) in [4.78, 5) is 10.1. The van der Waals surface area contributed by atoms with E-state index in [0.29, 0.717) is 5.82 Å². The molecule has 2 aromatic carbocycles. The predicted molar refractivity (Wildman–Crippen MR) is 80.7 cm³/mol. The zero-order valence-electron chi connectivity index (χ0n) is 11.1. The predicted octanol–water partition coefficient (Wildman–Crippen LogP) is 3.90. The summed E-state index contributed by atoms with van der Waals surface area (Å²) < 4.78 is 0. The fourth-order valence-electron chi connectivity index (χ4n) is 1.68. The van der Waals surface area contributed by atoms with Gasteiger partial charge in [0.05, 0.1) is 4.92 Å². The number of anilines is 2. The summed E-state index contributed by atoms with van der Waals surface area (Å²) in [5.41, 5.74) is 2.91. The summed E-state index contributed by atoms with van der Waals surface area (Å²) in [5, 5.41) is 16.7. The Kier molecular flexibility index (Phi) is 4.00. The Balaban J connectivity index is 1.97. The molecule has 0 spiro atoms. The molecule has 102 valence electrons. The molecule has 0 saturated carbocycles. The van der Waals surface area contributed by atoms with Gasteiger partial charge in [-0.05, 0) is 31.2 Å². The Hall–Kier alpha value is -2.82. The maximum atomic E-state index is 10.6. The van der Waals surface area contributed by atoms with Crippen molar-refractivity contribution in [3.05, 3.63) is 76.6 Å². The van der Waals surface area contributed by atoms with E-state index in [2.05, 4.69) is 17.2 Å². The average Bonchev–Trinajstić information content (AvgIpc) is 2.42. The van der Waals surface area contributed by atoms with Gasteiger partial charge in [0.2, 0.25) is 0 Å². The molecule has 0 bridgehead atoms. The number of benzene rings is 2. The lowest BCUT2D eigenvalue weighted by Crippen LogP contribution is -2.07. The van der Waals surface area contributed by atoms with E-state index in [1.54, 1.807) is 12.1 Å². The van der Waals surface area contributed by atoms with Crippen LogP contribution in [0.25, 0.3) is 0 Å². The third-order valence-corrected chi connectivity index (χ3v) is 2.72. The SMILES string of the molecule is C=C(Nc1ccc(C)cc1)Nc1ccc([N+](=O)[O-])cc1. The first-order valence-electron chi connectivity index (χ1n) is 6.09. The van der Waals surface area contributed by atoms with Crippen molar-refractivity contribution in [2.75, 3.05) is 10.6 Å². The number of rotatable bonds is 5. The maximum absolute atomic E-state index is 10.6. The second kappa shape index (κ2) is 5.88. The van der Waals surface area contributed by atoms with Gasteiger partial charge in [0, 0.05) is 23.5 Å². The zero-order chi connectivity index (χ0) is 14.5. The highest BCUT2D eigenvalue weighted by atomic mass is 16.6. The molecule has 0 aliphatic rings. The molecular formula is C15H15N3O2. The van der Waals surface area contributed by atoms with Gasteiger partial charge in [-0.3, -0.25) is 10.1 Å². The average molecular weight is 269 g/mol. The van der Waals surface area contributed by atoms with Crippen molar-refractivity contribution in [3.63, 3.8) is 0 Å². The van der Waals surface area contributed by atoms with Crippen LogP contribution in [0.3, 0.4) is 0 Å². The minimum atomic E-state index is -0.427. The molecule has 0 unspecified atom stereocenters. The van der Waals surface area contributed by atoms with E-state index in [1.165, 1.54) is 17.7 Å². The van der Waals surface area contributed by atoms with Gasteiger partial charge in [0.25, 0.3) is 5.69 Å². The summed E-state index contributed by atoms with van der Waals surface area (Å²) in [6.07, 6.45) is 0. The van der Waals surface area contributed by atoms with Crippen LogP contribution in [0.2, 0.25) is 0 Å². The molecule has 20 heavy (non-hydrogen) atoms. The van der Waals surface area contributed by atoms with Gasteiger partial charge in [0.1, 0.15) is 5.82 Å². The van der Waals surface area contributed by atoms with E-state index >= 15 is 0 Å². The Bertz CT molecular complexity index is 619. The summed E-state index contributed by atoms with van der Waals surface area (Å²) >= 11 is 0. The van der Waals surface area contributed by atoms with Crippen molar-refractivity contribution >= 4 is 17.1 Å². The number of hydrogen-bond donors (Lipinski definition) is 2. The fraction of sp³-hybridized carbons (Fsp3) is 0.0667. The smallest absolute Gasteiger partial charge is 0.269 e. The van der Waals surface area contributed by atoms with Gasteiger partial charge in [-0.15, -0.1) is 0 Å². The van der Waals surface area contributed by atoms with Gasteiger partial charge in [-0.1, -0.05) is 24.3 Å². The molecule has 0 heterocycles. The molecule has 0 radical (unpaired) electrons. The Morgan fingerprint density at radius 2 is 1.45 bits per heavy atom. The van der Waals surface area contributed by atoms with Crippen LogP contribution in [0, 0.1) is 17.0 Å². The molecular weight excluding hydrogens is 254 g/mol. The molecule has 0 aliphatic carbocycles. The highest BCUT2D eigenvalue weighted by Gasteiger charge is 2.04. The molecule has 2 aromatic rings. The second-order valence-corrected chi connectivity index (χ2v) is 4.40. The number of nitro benzene ring substituents is 1. The maximum Gasteiger partial charge on any atom is 0.269 e. The number of nitrogens with one attached hydrogen (secondary N) is 2. The van der Waals surface area contributed by atoms with Crippen molar-refractivity contribution in [1.29, 1.82) is 0 Å². The molecule has 2 rings (SSSR count). The molecule has 5 heteroatoms. The molecule has 2 N–H and O–H groups in total. The first-order valence-corrected chi connectivity index (χ1v) is 6.09. The van der Waals surface area contributed by atoms with Crippen molar-refractivity contribution < 1.29 is 4.92 Å². The van der Waals surface area contributed by atoms with Crippen LogP contribution < -0.4 is 10.6 Å². The van der Waals surface area contributed by atoms with Crippen LogP contribution in [0.4, 0.5) is 17.1 Å². The van der Waals surface area contributed by atoms with Gasteiger partial charge >= 0.3 is 0 Å². The normalized spacial score (nSPS) is 9.85. The Morgan fingerprint density at radius 3 is 1.90 bits per heavy atom. The lowest BCUT2D eigenvalue weighted by atomic mass is 10.2. The number of hydrogen-bond acceptors (Lipinski definition) is 4. The highest BCUT2D eigenvalue weighted by molar-refractivity contribution is 5.57.